The van der Waals surface area contributed by atoms with E-state index in [4.69, 9.17) is 17.3 Å². The van der Waals surface area contributed by atoms with Crippen molar-refractivity contribution >= 4 is 39.9 Å². The Bertz CT molecular complexity index is 1650. The molecule has 0 radical (unpaired) electrons. The van der Waals surface area contributed by atoms with Crippen molar-refractivity contribution in [2.75, 3.05) is 5.73 Å². The highest BCUT2D eigenvalue weighted by Crippen LogP contribution is 2.24. The average Bonchev–Trinajstić information content (AvgIpc) is 3.14. The molecule has 5 aromatic rings. The quantitative estimate of drug-likeness (QED) is 0.410. The van der Waals surface area contributed by atoms with Gasteiger partial charge in [-0.25, -0.2) is 18.9 Å². The zero-order chi connectivity index (χ0) is 24.0. The molecule has 0 bridgehead atoms. The van der Waals surface area contributed by atoms with Crippen LogP contribution in [0.5, 0.6) is 0 Å². The number of nitrogen functional groups attached to an aromatic ring is 1. The van der Waals surface area contributed by atoms with Gasteiger partial charge < -0.3 is 11.1 Å². The number of nitrogens with zero attached hydrogens (tertiary/aromatic N) is 5. The number of rotatable bonds is 4. The largest absolute Gasteiger partial charge is 0.381 e. The van der Waals surface area contributed by atoms with Crippen molar-refractivity contribution in [3.05, 3.63) is 93.5 Å². The number of nitrogens with two attached hydrogens (primary N) is 1. The van der Waals surface area contributed by atoms with Gasteiger partial charge in [0.25, 0.3) is 11.5 Å². The fraction of sp³-hybridized carbons (Fsp3) is 0.0870. The lowest BCUT2D eigenvalue weighted by atomic mass is 10.2. The van der Waals surface area contributed by atoms with Gasteiger partial charge in [-0.1, -0.05) is 23.7 Å². The maximum absolute atomic E-state index is 14.0. The number of carbonyl (C=O) groups excluding carboxylic acids is 1. The number of benzene rings is 2. The summed E-state index contributed by atoms with van der Waals surface area (Å²) in [5.74, 6) is -0.896. The van der Waals surface area contributed by atoms with Crippen LogP contribution in [0.2, 0.25) is 5.02 Å². The lowest BCUT2D eigenvalue weighted by Crippen LogP contribution is -2.33. The molecule has 2 aromatic carbocycles. The summed E-state index contributed by atoms with van der Waals surface area (Å²) >= 11 is 6.28. The molecule has 11 heteroatoms. The van der Waals surface area contributed by atoms with E-state index in [0.717, 1.165) is 0 Å². The molecular formula is C23H17ClFN7O2. The molecule has 0 aliphatic rings. The SMILES string of the molecule is CC(NC(=O)c1c(N)nn2cccnc12)c1nc2cccc(Cl)c2c(=O)n1-c1cccc(F)c1. The van der Waals surface area contributed by atoms with E-state index in [-0.39, 0.29) is 38.9 Å². The number of fused-ring (bicyclic) bond motifs is 2. The van der Waals surface area contributed by atoms with Gasteiger partial charge in [-0.2, -0.15) is 0 Å². The third kappa shape index (κ3) is 3.54. The predicted molar refractivity (Wildman–Crippen MR) is 126 cm³/mol. The summed E-state index contributed by atoms with van der Waals surface area (Å²) < 4.78 is 16.7. The summed E-state index contributed by atoms with van der Waals surface area (Å²) in [6, 6.07) is 11.3. The Morgan fingerprint density at radius 1 is 1.21 bits per heavy atom. The topological polar surface area (TPSA) is 120 Å². The van der Waals surface area contributed by atoms with E-state index in [2.05, 4.69) is 20.4 Å². The molecule has 1 atom stereocenters. The van der Waals surface area contributed by atoms with Gasteiger partial charge in [0.05, 0.1) is 27.7 Å². The number of amides is 1. The monoisotopic (exact) mass is 477 g/mol. The van der Waals surface area contributed by atoms with Gasteiger partial charge in [0.15, 0.2) is 11.5 Å². The van der Waals surface area contributed by atoms with Crippen LogP contribution in [0.25, 0.3) is 22.2 Å². The third-order valence-electron chi connectivity index (χ3n) is 5.32. The van der Waals surface area contributed by atoms with Crippen LogP contribution in [-0.2, 0) is 0 Å². The number of hydrogen-bond acceptors (Lipinski definition) is 6. The van der Waals surface area contributed by atoms with Gasteiger partial charge in [0, 0.05) is 12.4 Å². The molecular weight excluding hydrogens is 461 g/mol. The first kappa shape index (κ1) is 21.5. The summed E-state index contributed by atoms with van der Waals surface area (Å²) in [7, 11) is 0. The first-order valence-electron chi connectivity index (χ1n) is 10.2. The number of carbonyl (C=O) groups is 1. The van der Waals surface area contributed by atoms with Crippen LogP contribution in [0.15, 0.2) is 65.7 Å². The van der Waals surface area contributed by atoms with E-state index >= 15 is 0 Å². The van der Waals surface area contributed by atoms with E-state index < -0.39 is 23.3 Å². The number of halogens is 2. The summed E-state index contributed by atoms with van der Waals surface area (Å²) in [6.45, 7) is 1.65. The number of anilines is 1. The molecule has 3 heterocycles. The van der Waals surface area contributed by atoms with Gasteiger partial charge in [0.2, 0.25) is 0 Å². The summed E-state index contributed by atoms with van der Waals surface area (Å²) in [5.41, 5.74) is 6.44. The third-order valence-corrected chi connectivity index (χ3v) is 5.64. The van der Waals surface area contributed by atoms with Crippen LogP contribution in [0.4, 0.5) is 10.2 Å². The second kappa shape index (κ2) is 8.23. The fourth-order valence-corrected chi connectivity index (χ4v) is 4.07. The van der Waals surface area contributed by atoms with E-state index in [9.17, 15) is 14.0 Å². The Morgan fingerprint density at radius 2 is 2.00 bits per heavy atom. The Balaban J connectivity index is 1.65. The van der Waals surface area contributed by atoms with Crippen LogP contribution in [0.3, 0.4) is 0 Å². The molecule has 1 amide bonds. The Kier molecular flexibility index (Phi) is 5.21. The van der Waals surface area contributed by atoms with Gasteiger partial charge in [-0.3, -0.25) is 14.2 Å². The van der Waals surface area contributed by atoms with Crippen LogP contribution < -0.4 is 16.6 Å². The maximum Gasteiger partial charge on any atom is 0.267 e. The molecule has 0 spiro atoms. The van der Waals surface area contributed by atoms with Crippen molar-refractivity contribution in [1.82, 2.24) is 29.5 Å². The maximum atomic E-state index is 14.0. The van der Waals surface area contributed by atoms with E-state index in [1.165, 1.54) is 33.5 Å². The van der Waals surface area contributed by atoms with Crippen LogP contribution >= 0.6 is 11.6 Å². The van der Waals surface area contributed by atoms with Crippen molar-refractivity contribution in [2.45, 2.75) is 13.0 Å². The second-order valence-corrected chi connectivity index (χ2v) is 7.97. The summed E-state index contributed by atoms with van der Waals surface area (Å²) in [4.78, 5) is 35.4. The molecule has 1 unspecified atom stereocenters. The lowest BCUT2D eigenvalue weighted by Gasteiger charge is -2.20. The minimum atomic E-state index is -0.787. The Hall–Kier alpha value is -4.31. The smallest absolute Gasteiger partial charge is 0.267 e. The zero-order valence-electron chi connectivity index (χ0n) is 17.7. The van der Waals surface area contributed by atoms with Crippen molar-refractivity contribution in [3.63, 3.8) is 0 Å². The van der Waals surface area contributed by atoms with E-state index in [0.29, 0.717) is 5.52 Å². The molecule has 0 saturated heterocycles. The minimum Gasteiger partial charge on any atom is -0.381 e. The molecule has 170 valence electrons. The summed E-state index contributed by atoms with van der Waals surface area (Å²) in [5, 5.41) is 7.30. The normalized spacial score (nSPS) is 12.2. The molecule has 5 rings (SSSR count). The van der Waals surface area contributed by atoms with E-state index in [1.54, 1.807) is 43.5 Å². The molecule has 3 aromatic heterocycles. The van der Waals surface area contributed by atoms with Gasteiger partial charge in [-0.05, 0) is 43.3 Å². The van der Waals surface area contributed by atoms with Gasteiger partial charge >= 0.3 is 0 Å². The van der Waals surface area contributed by atoms with Crippen molar-refractivity contribution in [1.29, 1.82) is 0 Å². The van der Waals surface area contributed by atoms with Crippen LogP contribution in [0.1, 0.15) is 29.1 Å². The highest BCUT2D eigenvalue weighted by Gasteiger charge is 2.25. The highest BCUT2D eigenvalue weighted by molar-refractivity contribution is 6.35. The van der Waals surface area contributed by atoms with Crippen molar-refractivity contribution < 1.29 is 9.18 Å². The number of aromatic nitrogens is 5. The molecule has 0 aliphatic carbocycles. The molecule has 9 nitrogen and oxygen atoms in total. The second-order valence-electron chi connectivity index (χ2n) is 7.57. The molecule has 0 fully saturated rings. The highest BCUT2D eigenvalue weighted by atomic mass is 35.5. The standard InChI is InChI=1S/C23H17ClFN7O2/c1-12(28-22(33)18-19(26)30-31-10-4-9-27-21(18)31)20-29-16-8-3-7-15(24)17(16)23(34)32(20)14-6-2-5-13(25)11-14/h2-12H,1H3,(H2,26,30)(H,28,33). The van der Waals surface area contributed by atoms with Crippen LogP contribution in [0, 0.1) is 5.82 Å². The first-order chi connectivity index (χ1) is 16.3. The number of hydrogen-bond donors (Lipinski definition) is 2. The molecule has 34 heavy (non-hydrogen) atoms. The zero-order valence-corrected chi connectivity index (χ0v) is 18.5. The number of nitrogens with one attached hydrogen (secondary N) is 1. The summed E-state index contributed by atoms with van der Waals surface area (Å²) in [6.07, 6.45) is 3.14. The lowest BCUT2D eigenvalue weighted by molar-refractivity contribution is 0.0940. The molecule has 0 saturated carbocycles. The Morgan fingerprint density at radius 3 is 2.79 bits per heavy atom. The van der Waals surface area contributed by atoms with Crippen molar-refractivity contribution in [2.24, 2.45) is 0 Å². The first-order valence-corrected chi connectivity index (χ1v) is 10.6. The molecule has 0 aliphatic heterocycles. The van der Waals surface area contributed by atoms with Gasteiger partial charge in [-0.15, -0.1) is 5.10 Å². The Labute approximate surface area is 196 Å². The van der Waals surface area contributed by atoms with E-state index in [1.807, 2.05) is 0 Å². The van der Waals surface area contributed by atoms with Gasteiger partial charge in [0.1, 0.15) is 17.2 Å². The molecule has 3 N–H and O–H groups in total. The van der Waals surface area contributed by atoms with Crippen molar-refractivity contribution in [3.8, 4) is 5.69 Å². The minimum absolute atomic E-state index is 0.00386. The average molecular weight is 478 g/mol. The fourth-order valence-electron chi connectivity index (χ4n) is 3.82. The van der Waals surface area contributed by atoms with Crippen LogP contribution in [-0.4, -0.2) is 30.1 Å². The predicted octanol–water partition coefficient (Wildman–Crippen LogP) is 3.29.